The van der Waals surface area contributed by atoms with Gasteiger partial charge in [0.05, 0.1) is 16.8 Å². The number of aryl methyl sites for hydroxylation is 1. The molecule has 2 N–H and O–H groups in total. The molecule has 0 atom stereocenters. The maximum atomic E-state index is 13.9. The summed E-state index contributed by atoms with van der Waals surface area (Å²) in [7, 11) is 1.88. The molecule has 0 saturated heterocycles. The highest BCUT2D eigenvalue weighted by Gasteiger charge is 2.29. The second kappa shape index (κ2) is 9.89. The lowest BCUT2D eigenvalue weighted by molar-refractivity contribution is 0.1000. The summed E-state index contributed by atoms with van der Waals surface area (Å²) in [5.74, 6) is -0.492. The van der Waals surface area contributed by atoms with Gasteiger partial charge in [-0.2, -0.15) is 0 Å². The Kier molecular flexibility index (Phi) is 6.93. The van der Waals surface area contributed by atoms with Crippen LogP contribution >= 0.6 is 11.3 Å². The SMILES string of the molecule is CCCCc1c(-c2c(C)n(C)n(-c3ccccc3)c2=O)c(C(N)=O)c(C)n1CCc1cccs1. The van der Waals surface area contributed by atoms with Crippen molar-refractivity contribution in [3.8, 4) is 16.8 Å². The number of thiophene rings is 1. The summed E-state index contributed by atoms with van der Waals surface area (Å²) in [4.78, 5) is 27.9. The Morgan fingerprint density at radius 2 is 1.74 bits per heavy atom. The van der Waals surface area contributed by atoms with E-state index in [9.17, 15) is 9.59 Å². The molecule has 34 heavy (non-hydrogen) atoms. The molecule has 0 aliphatic heterocycles. The number of primary amides is 1. The van der Waals surface area contributed by atoms with Gasteiger partial charge in [-0.1, -0.05) is 37.6 Å². The molecule has 0 fully saturated rings. The fraction of sp³-hybridized carbons (Fsp3) is 0.333. The lowest BCUT2D eigenvalue weighted by Crippen LogP contribution is -2.21. The van der Waals surface area contributed by atoms with Crippen molar-refractivity contribution in [2.24, 2.45) is 12.8 Å². The number of amides is 1. The third-order valence-corrected chi connectivity index (χ3v) is 7.55. The zero-order valence-corrected chi connectivity index (χ0v) is 21.1. The van der Waals surface area contributed by atoms with E-state index >= 15 is 0 Å². The molecular weight excluding hydrogens is 444 g/mol. The quantitative estimate of drug-likeness (QED) is 0.369. The van der Waals surface area contributed by atoms with Crippen LogP contribution in [0.15, 0.2) is 52.6 Å². The minimum Gasteiger partial charge on any atom is -0.366 e. The molecule has 7 heteroatoms. The number of para-hydroxylation sites is 1. The van der Waals surface area contributed by atoms with Gasteiger partial charge in [-0.3, -0.25) is 14.3 Å². The van der Waals surface area contributed by atoms with Crippen molar-refractivity contribution < 1.29 is 4.79 Å². The van der Waals surface area contributed by atoms with Crippen LogP contribution in [0.1, 0.15) is 52.1 Å². The van der Waals surface area contributed by atoms with Crippen LogP contribution < -0.4 is 11.3 Å². The molecule has 0 radical (unpaired) electrons. The Hall–Kier alpha value is -3.32. The van der Waals surface area contributed by atoms with Gasteiger partial charge in [-0.25, -0.2) is 4.68 Å². The summed E-state index contributed by atoms with van der Waals surface area (Å²) in [6.07, 6.45) is 3.63. The maximum Gasteiger partial charge on any atom is 0.279 e. The summed E-state index contributed by atoms with van der Waals surface area (Å²) in [6, 6.07) is 13.8. The Labute approximate surface area is 204 Å². The van der Waals surface area contributed by atoms with Gasteiger partial charge >= 0.3 is 0 Å². The van der Waals surface area contributed by atoms with Crippen molar-refractivity contribution in [2.45, 2.75) is 53.0 Å². The van der Waals surface area contributed by atoms with Crippen LogP contribution in [0.2, 0.25) is 0 Å². The molecule has 3 heterocycles. The second-order valence-corrected chi connectivity index (χ2v) is 9.70. The average Bonchev–Trinajstić information content (AvgIpc) is 3.48. The largest absolute Gasteiger partial charge is 0.366 e. The fourth-order valence-electron chi connectivity index (χ4n) is 4.81. The lowest BCUT2D eigenvalue weighted by atomic mass is 9.98. The number of hydrogen-bond acceptors (Lipinski definition) is 3. The highest BCUT2D eigenvalue weighted by atomic mass is 32.1. The first-order valence-electron chi connectivity index (χ1n) is 11.7. The number of hydrogen-bond donors (Lipinski definition) is 1. The third kappa shape index (κ3) is 4.16. The van der Waals surface area contributed by atoms with Crippen LogP contribution in [-0.2, 0) is 26.4 Å². The van der Waals surface area contributed by atoms with Gasteiger partial charge in [0.1, 0.15) is 0 Å². The summed E-state index contributed by atoms with van der Waals surface area (Å²) >= 11 is 1.73. The van der Waals surface area contributed by atoms with Crippen LogP contribution in [0, 0.1) is 13.8 Å². The van der Waals surface area contributed by atoms with Crippen molar-refractivity contribution in [3.05, 3.63) is 85.7 Å². The summed E-state index contributed by atoms with van der Waals surface area (Å²) in [5.41, 5.74) is 11.0. The van der Waals surface area contributed by atoms with E-state index in [4.69, 9.17) is 5.73 Å². The molecule has 0 aliphatic rings. The lowest BCUT2D eigenvalue weighted by Gasteiger charge is -2.12. The number of nitrogens with zero attached hydrogens (tertiary/aromatic N) is 3. The summed E-state index contributed by atoms with van der Waals surface area (Å²) in [6.45, 7) is 6.77. The normalized spacial score (nSPS) is 11.3. The number of benzene rings is 1. The summed E-state index contributed by atoms with van der Waals surface area (Å²) in [5, 5.41) is 2.08. The van der Waals surface area contributed by atoms with E-state index in [1.807, 2.05) is 55.9 Å². The minimum absolute atomic E-state index is 0.137. The number of rotatable bonds is 9. The zero-order valence-electron chi connectivity index (χ0n) is 20.3. The zero-order chi connectivity index (χ0) is 24.4. The topological polar surface area (TPSA) is 75.0 Å². The molecule has 4 aromatic rings. The monoisotopic (exact) mass is 476 g/mol. The van der Waals surface area contributed by atoms with Crippen LogP contribution in [0.3, 0.4) is 0 Å². The standard InChI is InChI=1S/C27H32N4O2S/c1-5-6-14-22-25(23(26(28)32)19(3)30(22)16-15-21-13-10-17-34-21)24-18(2)29(4)31(27(24)33)20-11-8-7-9-12-20/h7-13,17H,5-6,14-16H2,1-4H3,(H2,28,32). The van der Waals surface area contributed by atoms with E-state index in [2.05, 4.69) is 29.0 Å². The van der Waals surface area contributed by atoms with Gasteiger partial charge in [0.2, 0.25) is 0 Å². The molecule has 6 nitrogen and oxygen atoms in total. The molecule has 0 saturated carbocycles. The molecule has 3 aromatic heterocycles. The van der Waals surface area contributed by atoms with Crippen molar-refractivity contribution in [1.29, 1.82) is 0 Å². The first-order chi connectivity index (χ1) is 16.4. The number of carbonyl (C=O) groups is 1. The smallest absolute Gasteiger partial charge is 0.279 e. The molecule has 4 rings (SSSR count). The van der Waals surface area contributed by atoms with E-state index in [0.29, 0.717) is 16.7 Å². The molecular formula is C27H32N4O2S. The van der Waals surface area contributed by atoms with Gasteiger partial charge in [-0.15, -0.1) is 11.3 Å². The molecule has 0 aliphatic carbocycles. The number of aromatic nitrogens is 3. The fourth-order valence-corrected chi connectivity index (χ4v) is 5.51. The third-order valence-electron chi connectivity index (χ3n) is 6.61. The Bertz CT molecular complexity index is 1360. The van der Waals surface area contributed by atoms with E-state index in [1.165, 1.54) is 4.88 Å². The van der Waals surface area contributed by atoms with Crippen LogP contribution in [0.5, 0.6) is 0 Å². The van der Waals surface area contributed by atoms with Gasteiger partial charge in [0.15, 0.2) is 0 Å². The van der Waals surface area contributed by atoms with Crippen molar-refractivity contribution >= 4 is 17.2 Å². The van der Waals surface area contributed by atoms with Gasteiger partial charge in [0, 0.05) is 41.1 Å². The number of nitrogens with two attached hydrogens (primary N) is 1. The highest BCUT2D eigenvalue weighted by molar-refractivity contribution is 7.09. The van der Waals surface area contributed by atoms with Crippen molar-refractivity contribution in [1.82, 2.24) is 13.9 Å². The minimum atomic E-state index is -0.492. The number of unbranched alkanes of at least 4 members (excludes halogenated alkanes) is 1. The summed E-state index contributed by atoms with van der Waals surface area (Å²) < 4.78 is 5.74. The molecule has 1 aromatic carbocycles. The Balaban J connectivity index is 1.96. The molecule has 1 amide bonds. The molecule has 0 unspecified atom stereocenters. The van der Waals surface area contributed by atoms with E-state index in [-0.39, 0.29) is 5.56 Å². The van der Waals surface area contributed by atoms with Crippen LogP contribution in [0.25, 0.3) is 16.8 Å². The van der Waals surface area contributed by atoms with E-state index in [0.717, 1.165) is 55.0 Å². The Morgan fingerprint density at radius 1 is 1.00 bits per heavy atom. The van der Waals surface area contributed by atoms with E-state index < -0.39 is 5.91 Å². The van der Waals surface area contributed by atoms with Gasteiger partial charge in [-0.05, 0) is 56.7 Å². The predicted molar refractivity (Wildman–Crippen MR) is 139 cm³/mol. The first-order valence-corrected chi connectivity index (χ1v) is 12.6. The van der Waals surface area contributed by atoms with Gasteiger partial charge < -0.3 is 10.3 Å². The average molecular weight is 477 g/mol. The predicted octanol–water partition coefficient (Wildman–Crippen LogP) is 5.01. The van der Waals surface area contributed by atoms with E-state index in [1.54, 1.807) is 16.0 Å². The second-order valence-electron chi connectivity index (χ2n) is 8.67. The van der Waals surface area contributed by atoms with Crippen molar-refractivity contribution in [3.63, 3.8) is 0 Å². The maximum absolute atomic E-state index is 13.9. The molecule has 178 valence electrons. The van der Waals surface area contributed by atoms with Gasteiger partial charge in [0.25, 0.3) is 11.5 Å². The number of carbonyl (C=O) groups excluding carboxylic acids is 1. The highest BCUT2D eigenvalue weighted by Crippen LogP contribution is 2.35. The molecule has 0 bridgehead atoms. The van der Waals surface area contributed by atoms with Crippen LogP contribution in [-0.4, -0.2) is 19.8 Å². The first kappa shape index (κ1) is 23.8. The van der Waals surface area contributed by atoms with Crippen molar-refractivity contribution in [2.75, 3.05) is 0 Å². The van der Waals surface area contributed by atoms with Crippen LogP contribution in [0.4, 0.5) is 0 Å². The molecule has 0 spiro atoms. The Morgan fingerprint density at radius 3 is 2.35 bits per heavy atom.